The van der Waals surface area contributed by atoms with Crippen LogP contribution in [0.15, 0.2) is 53.4 Å². The monoisotopic (exact) mass is 330 g/mol. The molecule has 1 unspecified atom stereocenters. The molecule has 2 aromatic carbocycles. The van der Waals surface area contributed by atoms with Gasteiger partial charge in [-0.1, -0.05) is 36.8 Å². The lowest BCUT2D eigenvalue weighted by Crippen LogP contribution is -2.53. The molecule has 1 aliphatic heterocycles. The average molecular weight is 330 g/mol. The minimum Gasteiger partial charge on any atom is -0.491 e. The molecule has 3 rings (SSSR count). The van der Waals surface area contributed by atoms with Gasteiger partial charge in [-0.25, -0.2) is 8.42 Å². The fourth-order valence-electron chi connectivity index (χ4n) is 2.93. The van der Waals surface area contributed by atoms with Gasteiger partial charge in [0.05, 0.1) is 10.5 Å². The maximum absolute atomic E-state index is 13.1. The van der Waals surface area contributed by atoms with E-state index in [1.165, 1.54) is 12.1 Å². The van der Waals surface area contributed by atoms with Gasteiger partial charge in [-0.15, -0.1) is 0 Å². The fraction of sp³-hybridized carbons (Fsp3) is 0.278. The van der Waals surface area contributed by atoms with E-state index in [0.717, 1.165) is 5.56 Å². The Hall–Kier alpha value is -2.14. The zero-order chi connectivity index (χ0) is 16.7. The lowest BCUT2D eigenvalue weighted by atomic mass is 9.91. The van der Waals surface area contributed by atoms with Gasteiger partial charge in [-0.2, -0.15) is 0 Å². The molecule has 0 radical (unpaired) electrons. The Morgan fingerprint density at radius 2 is 1.83 bits per heavy atom. The van der Waals surface area contributed by atoms with Crippen LogP contribution in [0, 0.1) is 6.92 Å². The number of carbonyl (C=O) groups is 1. The van der Waals surface area contributed by atoms with Gasteiger partial charge in [-0.05, 0) is 37.6 Å². The van der Waals surface area contributed by atoms with Crippen molar-refractivity contribution in [3.63, 3.8) is 0 Å². The van der Waals surface area contributed by atoms with Crippen LogP contribution < -0.4 is 4.74 Å². The van der Waals surface area contributed by atoms with Crippen LogP contribution in [0.2, 0.25) is 0 Å². The third-order valence-corrected chi connectivity index (χ3v) is 6.91. The quantitative estimate of drug-likeness (QED) is 0.867. The summed E-state index contributed by atoms with van der Waals surface area (Å²) in [5, 5.41) is 0. The van der Waals surface area contributed by atoms with E-state index in [0.29, 0.717) is 11.3 Å². The van der Waals surface area contributed by atoms with Gasteiger partial charge in [0, 0.05) is 0 Å². The predicted molar refractivity (Wildman–Crippen MR) is 87.7 cm³/mol. The summed E-state index contributed by atoms with van der Waals surface area (Å²) in [7, 11) is -3.85. The first-order chi connectivity index (χ1) is 10.9. The molecule has 0 aliphatic carbocycles. The zero-order valence-corrected chi connectivity index (χ0v) is 13.9. The smallest absolute Gasteiger partial charge is 0.194 e. The summed E-state index contributed by atoms with van der Waals surface area (Å²) in [6.45, 7) is 3.42. The second-order valence-corrected chi connectivity index (χ2v) is 8.04. The molecule has 1 heterocycles. The Kier molecular flexibility index (Phi) is 3.76. The second kappa shape index (κ2) is 5.49. The first-order valence-corrected chi connectivity index (χ1v) is 8.98. The van der Waals surface area contributed by atoms with E-state index in [4.69, 9.17) is 4.74 Å². The Balaban J connectivity index is 2.18. The third kappa shape index (κ3) is 2.27. The highest BCUT2D eigenvalue weighted by atomic mass is 32.2. The summed E-state index contributed by atoms with van der Waals surface area (Å²) in [5.74, 6) is 0.0711. The van der Waals surface area contributed by atoms with Crippen LogP contribution in [0.25, 0.3) is 0 Å². The maximum Gasteiger partial charge on any atom is 0.194 e. The number of hydrogen-bond acceptors (Lipinski definition) is 4. The predicted octanol–water partition coefficient (Wildman–Crippen LogP) is 3.19. The highest BCUT2D eigenvalue weighted by molar-refractivity contribution is 7.93. The molecule has 0 saturated carbocycles. The van der Waals surface area contributed by atoms with E-state index < -0.39 is 14.6 Å². The van der Waals surface area contributed by atoms with Crippen molar-refractivity contribution >= 4 is 15.6 Å². The molecule has 0 saturated heterocycles. The molecule has 2 aromatic rings. The number of hydrogen-bond donors (Lipinski definition) is 0. The number of fused-ring (bicyclic) bond motifs is 1. The summed E-state index contributed by atoms with van der Waals surface area (Å²) in [4.78, 5) is 13.2. The van der Waals surface area contributed by atoms with Crippen LogP contribution in [0.4, 0.5) is 0 Å². The highest BCUT2D eigenvalue weighted by Gasteiger charge is 2.53. The van der Waals surface area contributed by atoms with E-state index in [1.807, 2.05) is 13.0 Å². The molecule has 0 fully saturated rings. The fourth-order valence-corrected chi connectivity index (χ4v) is 4.84. The minimum absolute atomic E-state index is 0.148. The van der Waals surface area contributed by atoms with Gasteiger partial charge >= 0.3 is 0 Å². The Morgan fingerprint density at radius 1 is 1.13 bits per heavy atom. The number of aryl methyl sites for hydroxylation is 1. The van der Waals surface area contributed by atoms with Gasteiger partial charge in [0.25, 0.3) is 0 Å². The molecule has 0 bridgehead atoms. The van der Waals surface area contributed by atoms with Crippen LogP contribution in [-0.4, -0.2) is 25.6 Å². The minimum atomic E-state index is -3.85. The van der Waals surface area contributed by atoms with Gasteiger partial charge < -0.3 is 4.74 Å². The first kappa shape index (κ1) is 15.7. The molecule has 5 heteroatoms. The normalized spacial score (nSPS) is 20.7. The van der Waals surface area contributed by atoms with E-state index in [9.17, 15) is 13.2 Å². The number of benzene rings is 2. The molecule has 120 valence electrons. The standard InChI is InChI=1S/C18H18O4S/c1-3-18(23(20,21)14-7-5-4-6-8-14)12-22-16-10-9-13(2)11-15(16)17(18)19/h4-11H,3,12H2,1-2H3. The lowest BCUT2D eigenvalue weighted by Gasteiger charge is -2.35. The topological polar surface area (TPSA) is 60.4 Å². The number of ketones is 1. The molecular formula is C18H18O4S. The summed E-state index contributed by atoms with van der Waals surface area (Å²) >= 11 is 0. The summed E-state index contributed by atoms with van der Waals surface area (Å²) in [6, 6.07) is 13.4. The van der Waals surface area contributed by atoms with E-state index in [2.05, 4.69) is 0 Å². The van der Waals surface area contributed by atoms with E-state index >= 15 is 0 Å². The van der Waals surface area contributed by atoms with Crippen LogP contribution in [0.5, 0.6) is 5.75 Å². The molecule has 1 atom stereocenters. The molecule has 4 nitrogen and oxygen atoms in total. The van der Waals surface area contributed by atoms with Crippen molar-refractivity contribution < 1.29 is 17.9 Å². The number of carbonyl (C=O) groups excluding carboxylic acids is 1. The van der Waals surface area contributed by atoms with Crippen LogP contribution in [0.3, 0.4) is 0 Å². The second-order valence-electron chi connectivity index (χ2n) is 5.78. The van der Waals surface area contributed by atoms with Crippen LogP contribution in [0.1, 0.15) is 29.3 Å². The molecular weight excluding hydrogens is 312 g/mol. The van der Waals surface area contributed by atoms with Gasteiger partial charge in [0.1, 0.15) is 12.4 Å². The van der Waals surface area contributed by atoms with Gasteiger partial charge in [0.15, 0.2) is 20.4 Å². The maximum atomic E-state index is 13.1. The highest BCUT2D eigenvalue weighted by Crippen LogP contribution is 2.39. The van der Waals surface area contributed by atoms with Gasteiger partial charge in [0.2, 0.25) is 0 Å². The molecule has 0 N–H and O–H groups in total. The van der Waals surface area contributed by atoms with E-state index in [-0.39, 0.29) is 23.7 Å². The van der Waals surface area contributed by atoms with Crippen molar-refractivity contribution in [2.45, 2.75) is 29.9 Å². The lowest BCUT2D eigenvalue weighted by molar-refractivity contribution is 0.0856. The van der Waals surface area contributed by atoms with Crippen molar-refractivity contribution in [3.05, 3.63) is 59.7 Å². The van der Waals surface area contributed by atoms with Gasteiger partial charge in [-0.3, -0.25) is 4.79 Å². The first-order valence-electron chi connectivity index (χ1n) is 7.50. The van der Waals surface area contributed by atoms with Crippen molar-refractivity contribution in [1.82, 2.24) is 0 Å². The summed E-state index contributed by atoms with van der Waals surface area (Å²) < 4.78 is 30.4. The number of sulfone groups is 1. The van der Waals surface area contributed by atoms with Crippen LogP contribution in [-0.2, 0) is 9.84 Å². The van der Waals surface area contributed by atoms with E-state index in [1.54, 1.807) is 37.3 Å². The van der Waals surface area contributed by atoms with Crippen molar-refractivity contribution in [3.8, 4) is 5.75 Å². The number of ether oxygens (including phenoxy) is 1. The van der Waals surface area contributed by atoms with Crippen LogP contribution >= 0.6 is 0 Å². The van der Waals surface area contributed by atoms with Crippen molar-refractivity contribution in [1.29, 1.82) is 0 Å². The molecule has 0 amide bonds. The van der Waals surface area contributed by atoms with Crippen molar-refractivity contribution in [2.24, 2.45) is 0 Å². The summed E-state index contributed by atoms with van der Waals surface area (Å²) in [6.07, 6.45) is 0.163. The van der Waals surface area contributed by atoms with Crippen molar-refractivity contribution in [2.75, 3.05) is 6.61 Å². The third-order valence-electron chi connectivity index (χ3n) is 4.39. The largest absolute Gasteiger partial charge is 0.491 e. The Morgan fingerprint density at radius 3 is 2.48 bits per heavy atom. The Bertz CT molecular complexity index is 856. The molecule has 23 heavy (non-hydrogen) atoms. The molecule has 0 spiro atoms. The molecule has 1 aliphatic rings. The Labute approximate surface area is 136 Å². The average Bonchev–Trinajstić information content (AvgIpc) is 2.56. The number of Topliss-reactive ketones (excluding diaryl/α,β-unsaturated/α-hetero) is 1. The SMILES string of the molecule is CCC1(S(=O)(=O)c2ccccc2)COc2ccc(C)cc2C1=O. The summed E-state index contributed by atoms with van der Waals surface area (Å²) in [5.41, 5.74) is 1.24. The zero-order valence-electron chi connectivity index (χ0n) is 13.1. The molecule has 0 aromatic heterocycles. The number of rotatable bonds is 3.